The van der Waals surface area contributed by atoms with E-state index in [9.17, 15) is 4.79 Å². The Hall–Kier alpha value is -1.43. The second-order valence-electron chi connectivity index (χ2n) is 5.65. The highest BCUT2D eigenvalue weighted by atomic mass is 16.4. The summed E-state index contributed by atoms with van der Waals surface area (Å²) < 4.78 is 5.38. The summed E-state index contributed by atoms with van der Waals surface area (Å²) in [5.74, 6) is 1.83. The minimum Gasteiger partial charge on any atom is -0.426 e. The fraction of sp³-hybridized carbons (Fsp3) is 0.800. The summed E-state index contributed by atoms with van der Waals surface area (Å²) in [7, 11) is 0. The molecule has 1 aliphatic rings. The molecular weight excluding hydrogens is 268 g/mol. The molecule has 6 heteroatoms. The summed E-state index contributed by atoms with van der Waals surface area (Å²) in [6.45, 7) is 10.4. The average molecular weight is 294 g/mol. The van der Waals surface area contributed by atoms with Gasteiger partial charge in [0.1, 0.15) is 0 Å². The zero-order chi connectivity index (χ0) is 15.2. The predicted molar refractivity (Wildman–Crippen MR) is 79.8 cm³/mol. The maximum atomic E-state index is 12.3. The number of rotatable bonds is 6. The lowest BCUT2D eigenvalue weighted by Gasteiger charge is -2.36. The molecule has 0 unspecified atom stereocenters. The van der Waals surface area contributed by atoms with Crippen molar-refractivity contribution in [1.29, 1.82) is 0 Å². The van der Waals surface area contributed by atoms with Crippen LogP contribution in [0.15, 0.2) is 4.42 Å². The molecule has 1 saturated heterocycles. The van der Waals surface area contributed by atoms with Crippen LogP contribution in [0.5, 0.6) is 0 Å². The third-order valence-corrected chi connectivity index (χ3v) is 4.23. The van der Waals surface area contributed by atoms with E-state index in [4.69, 9.17) is 4.42 Å². The van der Waals surface area contributed by atoms with Gasteiger partial charge in [-0.3, -0.25) is 9.69 Å². The monoisotopic (exact) mass is 294 g/mol. The summed E-state index contributed by atoms with van der Waals surface area (Å²) in [4.78, 5) is 16.7. The standard InChI is InChI=1S/C15H26N4O2/c1-4-13(5-2)15(20)19-10-8-18(9-11-19)7-6-14-17-16-12(3)21-14/h13H,4-11H2,1-3H3. The molecule has 1 aromatic rings. The van der Waals surface area contributed by atoms with E-state index in [1.165, 1.54) is 0 Å². The van der Waals surface area contributed by atoms with Gasteiger partial charge in [0.05, 0.1) is 0 Å². The smallest absolute Gasteiger partial charge is 0.225 e. The van der Waals surface area contributed by atoms with Gasteiger partial charge in [0.25, 0.3) is 0 Å². The van der Waals surface area contributed by atoms with Gasteiger partial charge in [-0.15, -0.1) is 10.2 Å². The third kappa shape index (κ3) is 4.27. The van der Waals surface area contributed by atoms with Crippen LogP contribution in [0.3, 0.4) is 0 Å². The van der Waals surface area contributed by atoms with E-state index in [-0.39, 0.29) is 5.92 Å². The highest BCUT2D eigenvalue weighted by molar-refractivity contribution is 5.78. The number of hydrogen-bond acceptors (Lipinski definition) is 5. The molecule has 2 rings (SSSR count). The molecule has 0 saturated carbocycles. The molecule has 0 N–H and O–H groups in total. The van der Waals surface area contributed by atoms with Gasteiger partial charge in [-0.05, 0) is 12.8 Å². The number of aromatic nitrogens is 2. The number of nitrogens with zero attached hydrogens (tertiary/aromatic N) is 4. The Balaban J connectivity index is 1.74. The van der Waals surface area contributed by atoms with Crippen LogP contribution in [0.2, 0.25) is 0 Å². The molecule has 1 amide bonds. The molecule has 1 aromatic heterocycles. The summed E-state index contributed by atoms with van der Waals surface area (Å²) in [6.07, 6.45) is 2.65. The molecule has 1 aliphatic heterocycles. The summed E-state index contributed by atoms with van der Waals surface area (Å²) in [5.41, 5.74) is 0. The highest BCUT2D eigenvalue weighted by Gasteiger charge is 2.25. The van der Waals surface area contributed by atoms with Crippen LogP contribution < -0.4 is 0 Å². The lowest BCUT2D eigenvalue weighted by molar-refractivity contribution is -0.137. The zero-order valence-electron chi connectivity index (χ0n) is 13.3. The van der Waals surface area contributed by atoms with Gasteiger partial charge in [0, 0.05) is 52.0 Å². The first-order valence-electron chi connectivity index (χ1n) is 7.94. The second-order valence-corrected chi connectivity index (χ2v) is 5.65. The van der Waals surface area contributed by atoms with E-state index in [1.54, 1.807) is 6.92 Å². The van der Waals surface area contributed by atoms with E-state index in [0.717, 1.165) is 52.0 Å². The van der Waals surface area contributed by atoms with Gasteiger partial charge in [-0.25, -0.2) is 0 Å². The van der Waals surface area contributed by atoms with E-state index in [0.29, 0.717) is 17.7 Å². The molecule has 0 aromatic carbocycles. The fourth-order valence-electron chi connectivity index (χ4n) is 2.78. The van der Waals surface area contributed by atoms with Crippen LogP contribution in [-0.2, 0) is 11.2 Å². The first kappa shape index (κ1) is 15.9. The molecule has 1 fully saturated rings. The molecule has 0 aliphatic carbocycles. The molecule has 0 bridgehead atoms. The number of hydrogen-bond donors (Lipinski definition) is 0. The van der Waals surface area contributed by atoms with E-state index in [1.807, 2.05) is 4.90 Å². The first-order chi connectivity index (χ1) is 10.1. The van der Waals surface area contributed by atoms with E-state index in [2.05, 4.69) is 28.9 Å². The highest BCUT2D eigenvalue weighted by Crippen LogP contribution is 2.14. The van der Waals surface area contributed by atoms with Crippen molar-refractivity contribution in [3.63, 3.8) is 0 Å². The largest absolute Gasteiger partial charge is 0.426 e. The van der Waals surface area contributed by atoms with Crippen LogP contribution in [0.25, 0.3) is 0 Å². The van der Waals surface area contributed by atoms with Crippen molar-refractivity contribution >= 4 is 5.91 Å². The van der Waals surface area contributed by atoms with Crippen molar-refractivity contribution < 1.29 is 9.21 Å². The van der Waals surface area contributed by atoms with E-state index >= 15 is 0 Å². The maximum absolute atomic E-state index is 12.3. The number of carbonyl (C=O) groups excluding carboxylic acids is 1. The quantitative estimate of drug-likeness (QED) is 0.795. The van der Waals surface area contributed by atoms with Crippen molar-refractivity contribution in [1.82, 2.24) is 20.0 Å². The Kier molecular flexibility index (Phi) is 5.73. The number of aryl methyl sites for hydroxylation is 1. The van der Waals surface area contributed by atoms with Crippen LogP contribution in [0, 0.1) is 12.8 Å². The van der Waals surface area contributed by atoms with Gasteiger partial charge in [-0.1, -0.05) is 13.8 Å². The maximum Gasteiger partial charge on any atom is 0.225 e. The SMILES string of the molecule is CCC(CC)C(=O)N1CCN(CCc2nnc(C)o2)CC1. The van der Waals surface area contributed by atoms with Crippen molar-refractivity contribution in [3.05, 3.63) is 11.8 Å². The minimum absolute atomic E-state index is 0.193. The van der Waals surface area contributed by atoms with Crippen molar-refractivity contribution in [3.8, 4) is 0 Å². The molecule has 118 valence electrons. The average Bonchev–Trinajstić information content (AvgIpc) is 2.92. The third-order valence-electron chi connectivity index (χ3n) is 4.23. The van der Waals surface area contributed by atoms with Gasteiger partial charge in [0.2, 0.25) is 17.7 Å². The summed E-state index contributed by atoms with van der Waals surface area (Å²) >= 11 is 0. The number of piperazine rings is 1. The van der Waals surface area contributed by atoms with Gasteiger partial charge >= 0.3 is 0 Å². The molecule has 0 spiro atoms. The van der Waals surface area contributed by atoms with Gasteiger partial charge < -0.3 is 9.32 Å². The lowest BCUT2D eigenvalue weighted by Crippen LogP contribution is -2.50. The molecule has 0 atom stereocenters. The Morgan fingerprint density at radius 2 is 1.86 bits per heavy atom. The van der Waals surface area contributed by atoms with Crippen LogP contribution in [0.1, 0.15) is 38.5 Å². The van der Waals surface area contributed by atoms with Gasteiger partial charge in [0.15, 0.2) is 0 Å². The van der Waals surface area contributed by atoms with Crippen LogP contribution in [-0.4, -0.2) is 58.6 Å². The predicted octanol–water partition coefficient (Wildman–Crippen LogP) is 1.50. The fourth-order valence-corrected chi connectivity index (χ4v) is 2.78. The Bertz CT molecular complexity index is 448. The molecule has 2 heterocycles. The normalized spacial score (nSPS) is 16.7. The van der Waals surface area contributed by atoms with E-state index < -0.39 is 0 Å². The van der Waals surface area contributed by atoms with Crippen molar-refractivity contribution in [2.24, 2.45) is 5.92 Å². The number of amides is 1. The Labute approximate surface area is 126 Å². The Morgan fingerprint density at radius 3 is 2.38 bits per heavy atom. The molecule has 6 nitrogen and oxygen atoms in total. The lowest BCUT2D eigenvalue weighted by atomic mass is 10.0. The van der Waals surface area contributed by atoms with Crippen LogP contribution >= 0.6 is 0 Å². The minimum atomic E-state index is 0.193. The van der Waals surface area contributed by atoms with Crippen molar-refractivity contribution in [2.45, 2.75) is 40.0 Å². The molecular formula is C15H26N4O2. The molecule has 21 heavy (non-hydrogen) atoms. The zero-order valence-corrected chi connectivity index (χ0v) is 13.3. The van der Waals surface area contributed by atoms with Gasteiger partial charge in [-0.2, -0.15) is 0 Å². The topological polar surface area (TPSA) is 62.5 Å². The summed E-state index contributed by atoms with van der Waals surface area (Å²) in [6, 6.07) is 0. The number of carbonyl (C=O) groups is 1. The second kappa shape index (κ2) is 7.54. The van der Waals surface area contributed by atoms with Crippen molar-refractivity contribution in [2.75, 3.05) is 32.7 Å². The first-order valence-corrected chi connectivity index (χ1v) is 7.94. The molecule has 0 radical (unpaired) electrons. The Morgan fingerprint density at radius 1 is 1.19 bits per heavy atom. The van der Waals surface area contributed by atoms with Crippen LogP contribution in [0.4, 0.5) is 0 Å². The summed E-state index contributed by atoms with van der Waals surface area (Å²) in [5, 5.41) is 7.85.